The van der Waals surface area contributed by atoms with Gasteiger partial charge in [0.1, 0.15) is 11.8 Å². The average Bonchev–Trinajstić information content (AvgIpc) is 2.36. The maximum atomic E-state index is 10.6. The molecule has 0 unspecified atom stereocenters. The van der Waals surface area contributed by atoms with Crippen molar-refractivity contribution in [3.05, 3.63) is 29.8 Å². The Labute approximate surface area is 107 Å². The van der Waals surface area contributed by atoms with Crippen LogP contribution in [0, 0.1) is 0 Å². The molecule has 100 valence electrons. The average molecular weight is 252 g/mol. The van der Waals surface area contributed by atoms with Crippen LogP contribution in [-0.4, -0.2) is 37.3 Å². The van der Waals surface area contributed by atoms with Crippen molar-refractivity contribution in [1.82, 2.24) is 5.32 Å². The molecule has 4 N–H and O–H groups in total. The van der Waals surface area contributed by atoms with Crippen LogP contribution in [0.5, 0.6) is 5.75 Å². The Hall–Kier alpha value is -1.59. The van der Waals surface area contributed by atoms with Gasteiger partial charge in [0.15, 0.2) is 0 Å². The van der Waals surface area contributed by atoms with Crippen molar-refractivity contribution in [2.24, 2.45) is 5.73 Å². The second kappa shape index (κ2) is 7.68. The van der Waals surface area contributed by atoms with E-state index in [2.05, 4.69) is 5.32 Å². The van der Waals surface area contributed by atoms with Crippen LogP contribution in [0.15, 0.2) is 24.3 Å². The molecule has 5 heteroatoms. The highest BCUT2D eigenvalue weighted by Crippen LogP contribution is 2.13. The third-order valence-electron chi connectivity index (χ3n) is 2.54. The third kappa shape index (κ3) is 5.16. The van der Waals surface area contributed by atoms with E-state index in [0.717, 1.165) is 24.3 Å². The molecule has 0 heterocycles. The number of aliphatic carboxylic acids is 1. The minimum absolute atomic E-state index is 0.329. The summed E-state index contributed by atoms with van der Waals surface area (Å²) in [6.07, 6.45) is 1.28. The summed E-state index contributed by atoms with van der Waals surface area (Å²) in [6, 6.07) is 6.51. The lowest BCUT2D eigenvalue weighted by Gasteiger charge is -2.09. The normalized spacial score (nSPS) is 12.1. The Morgan fingerprint density at radius 1 is 1.44 bits per heavy atom. The Balaban J connectivity index is 2.40. The zero-order chi connectivity index (χ0) is 13.4. The maximum absolute atomic E-state index is 10.6. The first-order valence-electron chi connectivity index (χ1n) is 5.98. The van der Waals surface area contributed by atoms with Gasteiger partial charge in [0.25, 0.3) is 0 Å². The minimum atomic E-state index is -0.984. The van der Waals surface area contributed by atoms with Gasteiger partial charge in [0, 0.05) is 0 Å². The lowest BCUT2D eigenvalue weighted by molar-refractivity contribution is -0.138. The number of ether oxygens (including phenoxy) is 1. The monoisotopic (exact) mass is 252 g/mol. The molecule has 1 rings (SSSR count). The highest BCUT2D eigenvalue weighted by atomic mass is 16.5. The zero-order valence-electron chi connectivity index (χ0n) is 10.6. The van der Waals surface area contributed by atoms with Gasteiger partial charge in [-0.1, -0.05) is 12.1 Å². The fourth-order valence-corrected chi connectivity index (χ4v) is 1.50. The van der Waals surface area contributed by atoms with Crippen LogP contribution in [0.4, 0.5) is 0 Å². The predicted octanol–water partition coefficient (Wildman–Crippen LogP) is 0.629. The lowest BCUT2D eigenvalue weighted by atomic mass is 10.1. The Kier molecular flexibility index (Phi) is 6.18. The number of carboxylic acid groups (broad SMARTS) is 1. The summed E-state index contributed by atoms with van der Waals surface area (Å²) in [5.41, 5.74) is 6.36. The minimum Gasteiger partial charge on any atom is -0.494 e. The SMILES string of the molecule is CNCCCOc1ccc(C[C@H](N)C(=O)O)cc1. The van der Waals surface area contributed by atoms with Crippen molar-refractivity contribution in [3.63, 3.8) is 0 Å². The summed E-state index contributed by atoms with van der Waals surface area (Å²) in [7, 11) is 1.90. The third-order valence-corrected chi connectivity index (χ3v) is 2.54. The second-order valence-electron chi connectivity index (χ2n) is 4.10. The van der Waals surface area contributed by atoms with E-state index in [9.17, 15) is 4.79 Å². The topological polar surface area (TPSA) is 84.6 Å². The van der Waals surface area contributed by atoms with E-state index in [4.69, 9.17) is 15.6 Å². The van der Waals surface area contributed by atoms with E-state index in [1.807, 2.05) is 31.3 Å². The number of carboxylic acids is 1. The first kappa shape index (κ1) is 14.5. The van der Waals surface area contributed by atoms with E-state index >= 15 is 0 Å². The van der Waals surface area contributed by atoms with Crippen molar-refractivity contribution in [3.8, 4) is 5.75 Å². The molecule has 0 spiro atoms. The fourth-order valence-electron chi connectivity index (χ4n) is 1.50. The Morgan fingerprint density at radius 3 is 2.67 bits per heavy atom. The molecule has 0 saturated heterocycles. The van der Waals surface area contributed by atoms with Gasteiger partial charge in [-0.2, -0.15) is 0 Å². The maximum Gasteiger partial charge on any atom is 0.320 e. The van der Waals surface area contributed by atoms with Crippen LogP contribution in [0.2, 0.25) is 0 Å². The molecule has 0 aliphatic rings. The molecule has 1 aromatic rings. The molecular weight excluding hydrogens is 232 g/mol. The van der Waals surface area contributed by atoms with Crippen LogP contribution >= 0.6 is 0 Å². The van der Waals surface area contributed by atoms with Crippen molar-refractivity contribution >= 4 is 5.97 Å². The standard InChI is InChI=1S/C13H20N2O3/c1-15-7-2-8-18-11-5-3-10(4-6-11)9-12(14)13(16)17/h3-6,12,15H,2,7-9,14H2,1H3,(H,16,17)/t12-/m0/s1. The van der Waals surface area contributed by atoms with Gasteiger partial charge in [-0.05, 0) is 44.1 Å². The van der Waals surface area contributed by atoms with Crippen molar-refractivity contribution in [1.29, 1.82) is 0 Å². The van der Waals surface area contributed by atoms with Gasteiger partial charge in [-0.3, -0.25) is 4.79 Å². The molecular formula is C13H20N2O3. The van der Waals surface area contributed by atoms with Crippen LogP contribution in [-0.2, 0) is 11.2 Å². The van der Waals surface area contributed by atoms with Crippen molar-refractivity contribution in [2.45, 2.75) is 18.9 Å². The summed E-state index contributed by atoms with van der Waals surface area (Å²) in [5, 5.41) is 11.8. The van der Waals surface area contributed by atoms with E-state index in [0.29, 0.717) is 13.0 Å². The Bertz CT molecular complexity index is 365. The van der Waals surface area contributed by atoms with Crippen molar-refractivity contribution < 1.29 is 14.6 Å². The molecule has 0 radical (unpaired) electrons. The zero-order valence-corrected chi connectivity index (χ0v) is 10.6. The summed E-state index contributed by atoms with van der Waals surface area (Å²) in [5.74, 6) is -0.193. The van der Waals surface area contributed by atoms with Crippen LogP contribution in [0.3, 0.4) is 0 Å². The lowest BCUT2D eigenvalue weighted by Crippen LogP contribution is -2.32. The van der Waals surface area contributed by atoms with E-state index in [1.165, 1.54) is 0 Å². The van der Waals surface area contributed by atoms with E-state index < -0.39 is 12.0 Å². The molecule has 0 fully saturated rings. The summed E-state index contributed by atoms with van der Waals surface area (Å²) in [4.78, 5) is 10.6. The van der Waals surface area contributed by atoms with E-state index in [-0.39, 0.29) is 0 Å². The fraction of sp³-hybridized carbons (Fsp3) is 0.462. The molecule has 0 bridgehead atoms. The number of hydrogen-bond acceptors (Lipinski definition) is 4. The number of rotatable bonds is 8. The van der Waals surface area contributed by atoms with Gasteiger partial charge in [0.2, 0.25) is 0 Å². The van der Waals surface area contributed by atoms with Gasteiger partial charge in [-0.15, -0.1) is 0 Å². The summed E-state index contributed by atoms with van der Waals surface area (Å²) in [6.45, 7) is 1.58. The van der Waals surface area contributed by atoms with Gasteiger partial charge < -0.3 is 20.9 Å². The molecule has 18 heavy (non-hydrogen) atoms. The van der Waals surface area contributed by atoms with Crippen LogP contribution < -0.4 is 15.8 Å². The summed E-state index contributed by atoms with van der Waals surface area (Å²) < 4.78 is 5.53. The number of nitrogens with two attached hydrogens (primary N) is 1. The number of carbonyl (C=O) groups is 1. The van der Waals surface area contributed by atoms with Gasteiger partial charge >= 0.3 is 5.97 Å². The number of nitrogens with one attached hydrogen (secondary N) is 1. The summed E-state index contributed by atoms with van der Waals surface area (Å²) >= 11 is 0. The Morgan fingerprint density at radius 2 is 2.11 bits per heavy atom. The molecule has 5 nitrogen and oxygen atoms in total. The highest BCUT2D eigenvalue weighted by Gasteiger charge is 2.11. The second-order valence-corrected chi connectivity index (χ2v) is 4.10. The quantitative estimate of drug-likeness (QED) is 0.591. The van der Waals surface area contributed by atoms with Gasteiger partial charge in [0.05, 0.1) is 6.61 Å². The number of hydrogen-bond donors (Lipinski definition) is 3. The first-order valence-corrected chi connectivity index (χ1v) is 5.98. The molecule has 0 saturated carbocycles. The molecule has 0 aliphatic heterocycles. The van der Waals surface area contributed by atoms with Crippen LogP contribution in [0.25, 0.3) is 0 Å². The molecule has 1 atom stereocenters. The largest absolute Gasteiger partial charge is 0.494 e. The molecule has 0 aliphatic carbocycles. The predicted molar refractivity (Wildman–Crippen MR) is 69.8 cm³/mol. The molecule has 0 aromatic heterocycles. The smallest absolute Gasteiger partial charge is 0.320 e. The van der Waals surface area contributed by atoms with Gasteiger partial charge in [-0.25, -0.2) is 0 Å². The van der Waals surface area contributed by atoms with E-state index in [1.54, 1.807) is 0 Å². The van der Waals surface area contributed by atoms with Crippen molar-refractivity contribution in [2.75, 3.05) is 20.2 Å². The molecule has 0 amide bonds. The highest BCUT2D eigenvalue weighted by molar-refractivity contribution is 5.73. The first-order chi connectivity index (χ1) is 8.63. The number of benzene rings is 1. The van der Waals surface area contributed by atoms with Crippen LogP contribution in [0.1, 0.15) is 12.0 Å². The molecule has 1 aromatic carbocycles.